The monoisotopic (exact) mass is 543 g/mol. The zero-order valence-corrected chi connectivity index (χ0v) is 24.0. The van der Waals surface area contributed by atoms with Gasteiger partial charge in [-0.1, -0.05) is 101 Å². The predicted molar refractivity (Wildman–Crippen MR) is 163 cm³/mol. The molecule has 0 fully saturated rings. The van der Waals surface area contributed by atoms with E-state index in [9.17, 15) is 18.0 Å². The number of carbonyl (C=O) groups is 1. The number of halogens is 3. The lowest BCUT2D eigenvalue weighted by Crippen LogP contribution is -2.06. The van der Waals surface area contributed by atoms with Crippen LogP contribution in [0.2, 0.25) is 0 Å². The Kier molecular flexibility index (Phi) is 20.9. The van der Waals surface area contributed by atoms with Crippen molar-refractivity contribution in [3.63, 3.8) is 0 Å². The van der Waals surface area contributed by atoms with E-state index in [1.807, 2.05) is 36.4 Å². The third-order valence-electron chi connectivity index (χ3n) is 4.20. The average Bonchev–Trinajstić information content (AvgIpc) is 2.85. The van der Waals surface area contributed by atoms with Crippen LogP contribution in [0.25, 0.3) is 6.08 Å². The fraction of sp³-hybridized carbons (Fsp3) is 0.281. The van der Waals surface area contributed by atoms with Crippen LogP contribution in [0.3, 0.4) is 0 Å². The summed E-state index contributed by atoms with van der Waals surface area (Å²) >= 11 is 4.12. The van der Waals surface area contributed by atoms with Crippen molar-refractivity contribution in [2.24, 2.45) is 0 Å². The Balaban J connectivity index is 0. The van der Waals surface area contributed by atoms with E-state index in [0.29, 0.717) is 10.6 Å². The smallest absolute Gasteiger partial charge is 0.351 e. The minimum absolute atomic E-state index is 0.642. The van der Waals surface area contributed by atoms with Crippen LogP contribution < -0.4 is 5.32 Å². The van der Waals surface area contributed by atoms with Gasteiger partial charge in [0.05, 0.1) is 5.03 Å². The maximum atomic E-state index is 11.1. The summed E-state index contributed by atoms with van der Waals surface area (Å²) in [6.07, 6.45) is 5.60. The molecule has 0 atom stereocenters. The number of thiol groups is 1. The van der Waals surface area contributed by atoms with Crippen LogP contribution in [0, 0.1) is 18.8 Å². The number of hydrogen-bond acceptors (Lipinski definition) is 3. The molecule has 0 spiro atoms. The van der Waals surface area contributed by atoms with Gasteiger partial charge in [0.15, 0.2) is 0 Å². The summed E-state index contributed by atoms with van der Waals surface area (Å²) in [5, 5.41) is 3.74. The van der Waals surface area contributed by atoms with Gasteiger partial charge in [0.2, 0.25) is 0 Å². The molecule has 6 heteroatoms. The van der Waals surface area contributed by atoms with E-state index in [-0.39, 0.29) is 0 Å². The van der Waals surface area contributed by atoms with Gasteiger partial charge in [0.25, 0.3) is 0 Å². The molecule has 2 rings (SSSR count). The zero-order valence-electron chi connectivity index (χ0n) is 23.1. The second-order valence-electron chi connectivity index (χ2n) is 7.96. The molecule has 0 saturated carbocycles. The molecule has 2 aromatic carbocycles. The first-order valence-electron chi connectivity index (χ1n) is 12.2. The van der Waals surface area contributed by atoms with Crippen molar-refractivity contribution in [3.05, 3.63) is 107 Å². The first-order valence-corrected chi connectivity index (χ1v) is 12.6. The first-order chi connectivity index (χ1) is 17.9. The minimum atomic E-state index is -4.19. The molecule has 1 N–H and O–H groups in total. The third kappa shape index (κ3) is 18.8. The number of nitrogens with one attached hydrogen (secondary N) is 1. The van der Waals surface area contributed by atoms with Crippen LogP contribution in [0.5, 0.6) is 0 Å². The topological polar surface area (TPSA) is 29.1 Å². The number of hydrogen-bond donors (Lipinski definition) is 2. The van der Waals surface area contributed by atoms with Crippen LogP contribution in [-0.4, -0.2) is 12.5 Å². The van der Waals surface area contributed by atoms with Gasteiger partial charge in [-0.05, 0) is 49.6 Å². The molecule has 38 heavy (non-hydrogen) atoms. The summed E-state index contributed by atoms with van der Waals surface area (Å²) in [6.45, 7) is 19.4. The average molecular weight is 544 g/mol. The lowest BCUT2D eigenvalue weighted by molar-refractivity contribution is -0.0909. The van der Waals surface area contributed by atoms with Gasteiger partial charge in [-0.2, -0.15) is 13.2 Å². The van der Waals surface area contributed by atoms with Crippen molar-refractivity contribution in [1.29, 1.82) is 0 Å². The standard InChI is InChI=1S/C13H15NS.C12H12O.C4H5F3.C3H8/c1-4-5-7-12-8-6-9-13(10(12)2)14-11(3)15;1-2-3-4-5-11-6-8-12(10-13)9-7-11;1-3(2)4(5,6)7;1-3-2/h4-9,14-15H,1,3H2,2H3;6-10H,2-3H2,1H3;1H2,2H3;3H2,1-2H3/b7-5-;;;. The molecule has 2 aromatic rings. The molecule has 0 aliphatic heterocycles. The highest BCUT2D eigenvalue weighted by Gasteiger charge is 2.27. The molecule has 0 aliphatic rings. The van der Waals surface area contributed by atoms with E-state index in [1.54, 1.807) is 18.2 Å². The molecule has 0 heterocycles. The van der Waals surface area contributed by atoms with Crippen LogP contribution in [0.15, 0.2) is 85.0 Å². The normalized spacial score (nSPS) is 9.61. The van der Waals surface area contributed by atoms with Crippen LogP contribution in [-0.2, 0) is 0 Å². The quantitative estimate of drug-likeness (QED) is 0.125. The van der Waals surface area contributed by atoms with Gasteiger partial charge in [-0.15, -0.1) is 12.6 Å². The summed E-state index contributed by atoms with van der Waals surface area (Å²) in [5.41, 5.74) is 4.27. The molecule has 0 aromatic heterocycles. The Morgan fingerprint density at radius 2 is 1.63 bits per heavy atom. The number of unbranched alkanes of at least 4 members (excludes halogenated alkanes) is 1. The Morgan fingerprint density at radius 3 is 2.05 bits per heavy atom. The molecular weight excluding hydrogens is 503 g/mol. The Labute approximate surface area is 232 Å². The SMILES string of the molecule is C=C(C)C(F)(F)F.C=C/C=C\c1cccc(NC(=C)S)c1C.CCC.CCCC#Cc1ccc(C=O)cc1. The highest BCUT2D eigenvalue weighted by molar-refractivity contribution is 7.84. The van der Waals surface area contributed by atoms with Crippen LogP contribution >= 0.6 is 12.6 Å². The molecule has 0 unspecified atom stereocenters. The van der Waals surface area contributed by atoms with E-state index < -0.39 is 11.7 Å². The van der Waals surface area contributed by atoms with Crippen molar-refractivity contribution in [1.82, 2.24) is 0 Å². The van der Waals surface area contributed by atoms with Gasteiger partial charge < -0.3 is 5.32 Å². The second-order valence-corrected chi connectivity index (χ2v) is 8.50. The summed E-state index contributed by atoms with van der Waals surface area (Å²) < 4.78 is 33.2. The fourth-order valence-electron chi connectivity index (χ4n) is 2.23. The zero-order chi connectivity index (χ0) is 29.6. The molecule has 2 nitrogen and oxygen atoms in total. The van der Waals surface area contributed by atoms with Gasteiger partial charge in [-0.3, -0.25) is 4.79 Å². The highest BCUT2D eigenvalue weighted by atomic mass is 32.1. The molecule has 206 valence electrons. The van der Waals surface area contributed by atoms with E-state index in [0.717, 1.165) is 42.9 Å². The molecule has 0 bridgehead atoms. The van der Waals surface area contributed by atoms with Crippen LogP contribution in [0.4, 0.5) is 18.9 Å². The number of carbonyl (C=O) groups excluding carboxylic acids is 1. The van der Waals surface area contributed by atoms with E-state index in [4.69, 9.17) is 0 Å². The fourth-order valence-corrected chi connectivity index (χ4v) is 2.35. The van der Waals surface area contributed by atoms with E-state index in [1.165, 1.54) is 12.0 Å². The molecular formula is C32H40F3NOS. The lowest BCUT2D eigenvalue weighted by Gasteiger charge is -2.10. The van der Waals surface area contributed by atoms with Gasteiger partial charge in [-0.25, -0.2) is 0 Å². The Morgan fingerprint density at radius 1 is 1.08 bits per heavy atom. The third-order valence-corrected chi connectivity index (χ3v) is 4.32. The highest BCUT2D eigenvalue weighted by Crippen LogP contribution is 2.23. The Hall–Kier alpha value is -3.43. The van der Waals surface area contributed by atoms with Crippen molar-refractivity contribution in [2.75, 3.05) is 5.32 Å². The number of aldehydes is 1. The summed E-state index contributed by atoms with van der Waals surface area (Å²) in [4.78, 5) is 10.3. The molecule has 0 saturated heterocycles. The number of alkyl halides is 3. The summed E-state index contributed by atoms with van der Waals surface area (Å²) in [6, 6.07) is 13.4. The maximum absolute atomic E-state index is 11.1. The number of anilines is 1. The maximum Gasteiger partial charge on any atom is 0.411 e. The van der Waals surface area contributed by atoms with Crippen LogP contribution in [0.1, 0.15) is 74.0 Å². The summed E-state index contributed by atoms with van der Waals surface area (Å²) in [5.74, 6) is 6.08. The van der Waals surface area contributed by atoms with Crippen molar-refractivity contribution < 1.29 is 18.0 Å². The molecule has 0 amide bonds. The number of benzene rings is 2. The largest absolute Gasteiger partial charge is 0.411 e. The minimum Gasteiger partial charge on any atom is -0.351 e. The molecule has 0 aliphatic carbocycles. The van der Waals surface area contributed by atoms with Crippen molar-refractivity contribution in [3.8, 4) is 11.8 Å². The number of rotatable bonds is 6. The summed E-state index contributed by atoms with van der Waals surface area (Å²) in [7, 11) is 0. The van der Waals surface area contributed by atoms with E-state index in [2.05, 4.69) is 83.3 Å². The van der Waals surface area contributed by atoms with Crippen molar-refractivity contribution in [2.45, 2.75) is 60.1 Å². The molecule has 0 radical (unpaired) electrons. The van der Waals surface area contributed by atoms with Gasteiger partial charge in [0, 0.05) is 28.8 Å². The lowest BCUT2D eigenvalue weighted by atomic mass is 10.1. The Bertz CT molecular complexity index is 1090. The second kappa shape index (κ2) is 21.6. The van der Waals surface area contributed by atoms with Crippen molar-refractivity contribution >= 4 is 30.7 Å². The first kappa shape index (κ1) is 36.7. The number of allylic oxidation sites excluding steroid dienone is 3. The predicted octanol–water partition coefficient (Wildman–Crippen LogP) is 10.2. The van der Waals surface area contributed by atoms with Gasteiger partial charge in [0.1, 0.15) is 6.29 Å². The van der Waals surface area contributed by atoms with Gasteiger partial charge >= 0.3 is 6.18 Å². The van der Waals surface area contributed by atoms with E-state index >= 15 is 0 Å².